The number of ether oxygens (including phenoxy) is 5. The minimum atomic E-state index is -0.580. The Hall–Kier alpha value is -5.13. The van der Waals surface area contributed by atoms with Crippen LogP contribution in [0.1, 0.15) is 28.2 Å². The third kappa shape index (κ3) is 6.12. The van der Waals surface area contributed by atoms with Crippen molar-refractivity contribution >= 4 is 17.6 Å². The molecule has 0 fully saturated rings. The summed E-state index contributed by atoms with van der Waals surface area (Å²) in [6.45, 7) is 1.88. The fourth-order valence-corrected chi connectivity index (χ4v) is 4.80. The second kappa shape index (κ2) is 12.6. The van der Waals surface area contributed by atoms with Crippen molar-refractivity contribution < 1.29 is 28.5 Å². The van der Waals surface area contributed by atoms with Gasteiger partial charge in [0.15, 0.2) is 18.1 Å². The zero-order valence-corrected chi connectivity index (χ0v) is 23.7. The molecule has 1 aliphatic heterocycles. The molecule has 9 heteroatoms. The van der Waals surface area contributed by atoms with Crippen molar-refractivity contribution in [1.82, 2.24) is 0 Å². The molecule has 1 unspecified atom stereocenters. The number of nitrogens with two attached hydrogens (primary N) is 1. The van der Waals surface area contributed by atoms with E-state index in [0.717, 1.165) is 16.7 Å². The number of rotatable bonds is 9. The molecule has 42 heavy (non-hydrogen) atoms. The standard InChI is InChI=1S/C33H27ClN2O6/c1-20-7-3-6-10-27(20)40-19-31(37)41-23-12-13-24-29(16-23)42-33(36)25(17-35)32(24)21-11-14-28(30(15-21)38-2)39-18-22-8-4-5-9-26(22)34/h3-16,32H,18-19,36H2,1-2H3. The van der Waals surface area contributed by atoms with Gasteiger partial charge in [0.05, 0.1) is 13.0 Å². The fourth-order valence-electron chi connectivity index (χ4n) is 4.61. The Morgan fingerprint density at radius 1 is 0.976 bits per heavy atom. The first-order valence-corrected chi connectivity index (χ1v) is 13.4. The maximum atomic E-state index is 12.5. The maximum Gasteiger partial charge on any atom is 0.349 e. The molecule has 212 valence electrons. The van der Waals surface area contributed by atoms with E-state index in [1.54, 1.807) is 42.5 Å². The highest BCUT2D eigenvalue weighted by atomic mass is 35.5. The molecule has 0 saturated carbocycles. The lowest BCUT2D eigenvalue weighted by Gasteiger charge is -2.27. The van der Waals surface area contributed by atoms with Crippen LogP contribution < -0.4 is 29.4 Å². The molecule has 0 aromatic heterocycles. The van der Waals surface area contributed by atoms with Crippen LogP contribution >= 0.6 is 11.6 Å². The molecule has 0 aliphatic carbocycles. The number of hydrogen-bond acceptors (Lipinski definition) is 8. The van der Waals surface area contributed by atoms with Crippen molar-refractivity contribution in [3.05, 3.63) is 124 Å². The summed E-state index contributed by atoms with van der Waals surface area (Å²) in [5, 5.41) is 10.6. The minimum Gasteiger partial charge on any atom is -0.493 e. The first-order valence-electron chi connectivity index (χ1n) is 13.0. The average Bonchev–Trinajstić information content (AvgIpc) is 2.99. The third-order valence-corrected chi connectivity index (χ3v) is 7.09. The van der Waals surface area contributed by atoms with Gasteiger partial charge in [-0.3, -0.25) is 0 Å². The monoisotopic (exact) mass is 582 g/mol. The quantitative estimate of drug-likeness (QED) is 0.177. The zero-order valence-electron chi connectivity index (χ0n) is 22.9. The van der Waals surface area contributed by atoms with Gasteiger partial charge in [0.25, 0.3) is 0 Å². The number of hydrogen-bond donors (Lipinski definition) is 1. The van der Waals surface area contributed by atoms with Crippen LogP contribution in [0.5, 0.6) is 28.7 Å². The number of nitrogens with zero attached hydrogens (tertiary/aromatic N) is 1. The van der Waals surface area contributed by atoms with Crippen LogP contribution in [-0.2, 0) is 11.4 Å². The zero-order chi connectivity index (χ0) is 29.6. The van der Waals surface area contributed by atoms with Gasteiger partial charge in [-0.15, -0.1) is 0 Å². The highest BCUT2D eigenvalue weighted by molar-refractivity contribution is 6.31. The second-order valence-corrected chi connectivity index (χ2v) is 9.85. The summed E-state index contributed by atoms with van der Waals surface area (Å²) in [7, 11) is 1.54. The van der Waals surface area contributed by atoms with Crippen LogP contribution in [0.2, 0.25) is 5.02 Å². The summed E-state index contributed by atoms with van der Waals surface area (Å²) in [6, 6.07) is 27.3. The number of halogens is 1. The largest absolute Gasteiger partial charge is 0.493 e. The number of para-hydroxylation sites is 1. The normalized spacial score (nSPS) is 13.8. The van der Waals surface area contributed by atoms with E-state index in [9.17, 15) is 10.1 Å². The van der Waals surface area contributed by atoms with Crippen molar-refractivity contribution in [2.24, 2.45) is 5.73 Å². The maximum absolute atomic E-state index is 12.5. The van der Waals surface area contributed by atoms with E-state index >= 15 is 0 Å². The molecule has 0 amide bonds. The van der Waals surface area contributed by atoms with Crippen LogP contribution in [0.4, 0.5) is 0 Å². The Bertz CT molecular complexity index is 1710. The lowest BCUT2D eigenvalue weighted by molar-refractivity contribution is -0.136. The molecule has 1 atom stereocenters. The Labute approximate surface area is 248 Å². The number of esters is 1. The number of carbonyl (C=O) groups is 1. The Morgan fingerprint density at radius 2 is 1.76 bits per heavy atom. The third-order valence-electron chi connectivity index (χ3n) is 6.72. The van der Waals surface area contributed by atoms with Gasteiger partial charge in [-0.25, -0.2) is 4.79 Å². The molecular formula is C33H27ClN2O6. The molecule has 0 spiro atoms. The minimum absolute atomic E-state index is 0.0422. The molecule has 1 aliphatic rings. The summed E-state index contributed by atoms with van der Waals surface area (Å²) in [5.41, 5.74) is 9.57. The molecule has 0 radical (unpaired) electrons. The Balaban J connectivity index is 1.37. The topological polar surface area (TPSA) is 113 Å². The summed E-state index contributed by atoms with van der Waals surface area (Å²) in [5.74, 6) is 1.02. The first-order chi connectivity index (χ1) is 20.4. The average molecular weight is 583 g/mol. The lowest BCUT2D eigenvalue weighted by Crippen LogP contribution is -2.22. The van der Waals surface area contributed by atoms with Crippen molar-refractivity contribution in [2.45, 2.75) is 19.4 Å². The first kappa shape index (κ1) is 28.4. The van der Waals surface area contributed by atoms with E-state index in [1.165, 1.54) is 7.11 Å². The van der Waals surface area contributed by atoms with Gasteiger partial charge in [0.2, 0.25) is 5.88 Å². The Morgan fingerprint density at radius 3 is 2.52 bits per heavy atom. The van der Waals surface area contributed by atoms with Gasteiger partial charge < -0.3 is 29.4 Å². The highest BCUT2D eigenvalue weighted by Gasteiger charge is 2.32. The van der Waals surface area contributed by atoms with Crippen molar-refractivity contribution in [2.75, 3.05) is 13.7 Å². The fraction of sp³-hybridized carbons (Fsp3) is 0.152. The molecule has 5 rings (SSSR count). The van der Waals surface area contributed by atoms with Crippen molar-refractivity contribution in [1.29, 1.82) is 5.26 Å². The predicted octanol–water partition coefficient (Wildman–Crippen LogP) is 6.44. The van der Waals surface area contributed by atoms with E-state index < -0.39 is 11.9 Å². The molecule has 8 nitrogen and oxygen atoms in total. The van der Waals surface area contributed by atoms with Crippen molar-refractivity contribution in [3.8, 4) is 34.8 Å². The number of aryl methyl sites for hydroxylation is 1. The number of fused-ring (bicyclic) bond motifs is 1. The van der Waals surface area contributed by atoms with E-state index in [-0.39, 0.29) is 30.4 Å². The molecule has 0 saturated heterocycles. The van der Waals surface area contributed by atoms with Gasteiger partial charge in [0.1, 0.15) is 35.5 Å². The van der Waals surface area contributed by atoms with Crippen LogP contribution in [0.15, 0.2) is 96.4 Å². The molecular weight excluding hydrogens is 556 g/mol. The van der Waals surface area contributed by atoms with E-state index in [1.807, 2.05) is 49.4 Å². The molecule has 4 aromatic carbocycles. The van der Waals surface area contributed by atoms with Crippen LogP contribution in [-0.4, -0.2) is 19.7 Å². The number of nitriles is 1. The van der Waals surface area contributed by atoms with Gasteiger partial charge in [0, 0.05) is 22.2 Å². The van der Waals surface area contributed by atoms with Crippen molar-refractivity contribution in [3.63, 3.8) is 0 Å². The number of methoxy groups -OCH3 is 1. The van der Waals surface area contributed by atoms with Crippen LogP contribution in [0.3, 0.4) is 0 Å². The molecule has 4 aromatic rings. The van der Waals surface area contributed by atoms with Gasteiger partial charge >= 0.3 is 5.97 Å². The summed E-state index contributed by atoms with van der Waals surface area (Å²) >= 11 is 6.27. The van der Waals surface area contributed by atoms with Crippen LogP contribution in [0, 0.1) is 18.3 Å². The van der Waals surface area contributed by atoms with Crippen LogP contribution in [0.25, 0.3) is 0 Å². The Kier molecular flexibility index (Phi) is 8.51. The summed E-state index contributed by atoms with van der Waals surface area (Å²) < 4.78 is 28.5. The molecule has 2 N–H and O–H groups in total. The highest BCUT2D eigenvalue weighted by Crippen LogP contribution is 2.45. The SMILES string of the molecule is COc1cc(C2C(C#N)=C(N)Oc3cc(OC(=O)COc4ccccc4C)ccc32)ccc1OCc1ccccc1Cl. The van der Waals surface area contributed by atoms with E-state index in [4.69, 9.17) is 41.0 Å². The summed E-state index contributed by atoms with van der Waals surface area (Å²) in [6.07, 6.45) is 0. The lowest BCUT2D eigenvalue weighted by atomic mass is 9.83. The number of benzene rings is 4. The van der Waals surface area contributed by atoms with E-state index in [2.05, 4.69) is 6.07 Å². The van der Waals surface area contributed by atoms with Gasteiger partial charge in [-0.1, -0.05) is 60.1 Å². The number of carbonyl (C=O) groups excluding carboxylic acids is 1. The summed E-state index contributed by atoms with van der Waals surface area (Å²) in [4.78, 5) is 12.5. The van der Waals surface area contributed by atoms with Gasteiger partial charge in [-0.2, -0.15) is 5.26 Å². The smallest absolute Gasteiger partial charge is 0.349 e. The number of allylic oxidation sites excluding steroid dienone is 1. The van der Waals surface area contributed by atoms with E-state index in [0.29, 0.717) is 33.6 Å². The molecule has 0 bridgehead atoms. The van der Waals surface area contributed by atoms with Gasteiger partial charge in [-0.05, 0) is 48.4 Å². The second-order valence-electron chi connectivity index (χ2n) is 9.44. The molecule has 1 heterocycles. The predicted molar refractivity (Wildman–Crippen MR) is 157 cm³/mol.